The van der Waals surface area contributed by atoms with E-state index in [0.29, 0.717) is 60.9 Å². The van der Waals surface area contributed by atoms with Crippen LogP contribution in [0.15, 0.2) is 23.0 Å². The number of nitrogens with one attached hydrogen (secondary N) is 1. The van der Waals surface area contributed by atoms with Gasteiger partial charge in [-0.05, 0) is 48.2 Å². The number of rotatable bonds is 5. The van der Waals surface area contributed by atoms with Gasteiger partial charge in [0.05, 0.1) is 24.3 Å². The Kier molecular flexibility index (Phi) is 5.24. The van der Waals surface area contributed by atoms with Crippen molar-refractivity contribution in [1.29, 1.82) is 0 Å². The van der Waals surface area contributed by atoms with Crippen molar-refractivity contribution < 1.29 is 19.3 Å². The fourth-order valence-corrected chi connectivity index (χ4v) is 4.98. The topological polar surface area (TPSA) is 128 Å². The number of fused-ring (bicyclic) bond motifs is 2. The van der Waals surface area contributed by atoms with E-state index in [0.717, 1.165) is 24.8 Å². The molecule has 174 valence electrons. The summed E-state index contributed by atoms with van der Waals surface area (Å²) in [4.78, 5) is 18.5. The van der Waals surface area contributed by atoms with Crippen LogP contribution in [-0.4, -0.2) is 73.9 Å². The SMILES string of the molecule is O=c1[nH]c2cc3c(cc2cc1C(c1nnnn1CC1CCCO1)N1CCC(O)CC1)OCO3. The number of nitrogens with zero attached hydrogens (tertiary/aromatic N) is 5. The summed E-state index contributed by atoms with van der Waals surface area (Å²) in [7, 11) is 0. The van der Waals surface area contributed by atoms with Crippen molar-refractivity contribution in [2.75, 3.05) is 26.5 Å². The van der Waals surface area contributed by atoms with E-state index in [-0.39, 0.29) is 24.6 Å². The van der Waals surface area contributed by atoms with Crippen LogP contribution in [0.3, 0.4) is 0 Å². The highest BCUT2D eigenvalue weighted by Gasteiger charge is 2.33. The molecule has 2 atom stereocenters. The maximum Gasteiger partial charge on any atom is 0.253 e. The first-order valence-electron chi connectivity index (χ1n) is 11.4. The quantitative estimate of drug-likeness (QED) is 0.579. The summed E-state index contributed by atoms with van der Waals surface area (Å²) in [6.07, 6.45) is 2.98. The summed E-state index contributed by atoms with van der Waals surface area (Å²) in [6, 6.07) is 5.10. The lowest BCUT2D eigenvalue weighted by Gasteiger charge is -2.35. The Hall–Kier alpha value is -3.02. The average Bonchev–Trinajstić information content (AvgIpc) is 3.57. The third kappa shape index (κ3) is 3.85. The van der Waals surface area contributed by atoms with Crippen LogP contribution in [0.4, 0.5) is 0 Å². The van der Waals surface area contributed by atoms with Crippen molar-refractivity contribution >= 4 is 10.9 Å². The molecule has 11 nitrogen and oxygen atoms in total. The fourth-order valence-electron chi connectivity index (χ4n) is 4.98. The average molecular weight is 454 g/mol. The van der Waals surface area contributed by atoms with Crippen LogP contribution in [-0.2, 0) is 11.3 Å². The summed E-state index contributed by atoms with van der Waals surface area (Å²) >= 11 is 0. The number of benzene rings is 1. The number of aromatic amines is 1. The number of pyridine rings is 1. The van der Waals surface area contributed by atoms with E-state index in [1.807, 2.05) is 12.1 Å². The predicted octanol–water partition coefficient (Wildman–Crippen LogP) is 0.968. The second kappa shape index (κ2) is 8.40. The number of piperidine rings is 1. The molecule has 1 aromatic carbocycles. The molecular weight excluding hydrogens is 428 g/mol. The van der Waals surface area contributed by atoms with Gasteiger partial charge in [-0.2, -0.15) is 0 Å². The van der Waals surface area contributed by atoms with Crippen molar-refractivity contribution in [1.82, 2.24) is 30.1 Å². The predicted molar refractivity (Wildman–Crippen MR) is 116 cm³/mol. The third-order valence-corrected chi connectivity index (χ3v) is 6.73. The van der Waals surface area contributed by atoms with E-state index < -0.39 is 6.04 Å². The first-order valence-corrected chi connectivity index (χ1v) is 11.4. The molecule has 0 spiro atoms. The molecule has 6 rings (SSSR count). The Morgan fingerprint density at radius 2 is 1.97 bits per heavy atom. The molecule has 2 saturated heterocycles. The Balaban J connectivity index is 1.44. The summed E-state index contributed by atoms with van der Waals surface area (Å²) in [5, 5.41) is 23.4. The van der Waals surface area contributed by atoms with E-state index >= 15 is 0 Å². The number of H-pyrrole nitrogens is 1. The van der Waals surface area contributed by atoms with Gasteiger partial charge in [0.2, 0.25) is 6.79 Å². The number of aromatic nitrogens is 5. The van der Waals surface area contributed by atoms with Gasteiger partial charge in [-0.15, -0.1) is 5.10 Å². The maximum atomic E-state index is 13.3. The van der Waals surface area contributed by atoms with Gasteiger partial charge >= 0.3 is 0 Å². The number of hydrogen-bond donors (Lipinski definition) is 2. The Morgan fingerprint density at radius 3 is 2.76 bits per heavy atom. The molecule has 2 aromatic heterocycles. The van der Waals surface area contributed by atoms with Crippen LogP contribution in [0.25, 0.3) is 10.9 Å². The molecule has 3 aliphatic heterocycles. The van der Waals surface area contributed by atoms with Gasteiger partial charge in [0.15, 0.2) is 17.3 Å². The lowest BCUT2D eigenvalue weighted by Crippen LogP contribution is -2.42. The van der Waals surface area contributed by atoms with Crippen molar-refractivity contribution in [2.24, 2.45) is 0 Å². The van der Waals surface area contributed by atoms with Gasteiger partial charge in [-0.25, -0.2) is 4.68 Å². The van der Waals surface area contributed by atoms with Crippen molar-refractivity contribution in [3.63, 3.8) is 0 Å². The Bertz CT molecular complexity index is 1210. The van der Waals surface area contributed by atoms with Gasteiger partial charge in [0, 0.05) is 36.7 Å². The summed E-state index contributed by atoms with van der Waals surface area (Å²) < 4.78 is 18.5. The molecule has 2 fully saturated rings. The molecule has 0 amide bonds. The molecule has 5 heterocycles. The van der Waals surface area contributed by atoms with Gasteiger partial charge < -0.3 is 24.3 Å². The van der Waals surface area contributed by atoms with Crippen molar-refractivity contribution in [2.45, 2.75) is 50.5 Å². The zero-order valence-electron chi connectivity index (χ0n) is 18.1. The molecule has 2 N–H and O–H groups in total. The van der Waals surface area contributed by atoms with Gasteiger partial charge in [-0.1, -0.05) is 0 Å². The minimum atomic E-state index is -0.451. The van der Waals surface area contributed by atoms with E-state index in [1.54, 1.807) is 10.7 Å². The van der Waals surface area contributed by atoms with E-state index in [4.69, 9.17) is 14.2 Å². The molecular formula is C22H26N6O5. The van der Waals surface area contributed by atoms with Crippen LogP contribution in [0, 0.1) is 0 Å². The second-order valence-electron chi connectivity index (χ2n) is 8.87. The smallest absolute Gasteiger partial charge is 0.253 e. The highest BCUT2D eigenvalue weighted by atomic mass is 16.7. The summed E-state index contributed by atoms with van der Waals surface area (Å²) in [6.45, 7) is 2.73. The Morgan fingerprint density at radius 1 is 1.15 bits per heavy atom. The molecule has 0 bridgehead atoms. The zero-order valence-corrected chi connectivity index (χ0v) is 18.1. The van der Waals surface area contributed by atoms with Crippen LogP contribution >= 0.6 is 0 Å². The molecule has 33 heavy (non-hydrogen) atoms. The monoisotopic (exact) mass is 454 g/mol. The second-order valence-corrected chi connectivity index (χ2v) is 8.87. The minimum Gasteiger partial charge on any atom is -0.454 e. The summed E-state index contributed by atoms with van der Waals surface area (Å²) in [5.41, 5.74) is 1.03. The van der Waals surface area contributed by atoms with Crippen LogP contribution < -0.4 is 15.0 Å². The van der Waals surface area contributed by atoms with Gasteiger partial charge in [-0.3, -0.25) is 9.69 Å². The molecule has 2 unspecified atom stereocenters. The molecule has 11 heteroatoms. The maximum absolute atomic E-state index is 13.3. The van der Waals surface area contributed by atoms with Gasteiger partial charge in [0.25, 0.3) is 5.56 Å². The number of ether oxygens (including phenoxy) is 3. The lowest BCUT2D eigenvalue weighted by atomic mass is 9.99. The normalized spacial score (nSPS) is 22.3. The highest BCUT2D eigenvalue weighted by molar-refractivity contribution is 5.83. The number of aliphatic hydroxyl groups excluding tert-OH is 1. The van der Waals surface area contributed by atoms with Crippen LogP contribution in [0.5, 0.6) is 11.5 Å². The number of likely N-dealkylation sites (tertiary alicyclic amines) is 1. The lowest BCUT2D eigenvalue weighted by molar-refractivity contribution is 0.0632. The summed E-state index contributed by atoms with van der Waals surface area (Å²) in [5.74, 6) is 1.88. The number of tetrazole rings is 1. The fraction of sp³-hybridized carbons (Fsp3) is 0.545. The van der Waals surface area contributed by atoms with E-state index in [9.17, 15) is 9.90 Å². The highest BCUT2D eigenvalue weighted by Crippen LogP contribution is 2.36. The molecule has 0 radical (unpaired) electrons. The molecule has 0 aliphatic carbocycles. The van der Waals surface area contributed by atoms with Gasteiger partial charge in [0.1, 0.15) is 6.04 Å². The molecule has 0 saturated carbocycles. The number of hydrogen-bond acceptors (Lipinski definition) is 9. The zero-order chi connectivity index (χ0) is 22.4. The standard InChI is InChI=1S/C22H26N6O5/c29-14-3-5-27(6-4-14)20(21-24-25-26-28(21)11-15-2-1-7-31-15)16-8-13-9-18-19(33-12-32-18)10-17(13)23-22(16)30/h8-10,14-15,20,29H,1-7,11-12H2,(H,23,30). The van der Waals surface area contributed by atoms with Crippen molar-refractivity contribution in [3.05, 3.63) is 39.9 Å². The Labute approximate surface area is 189 Å². The first-order chi connectivity index (χ1) is 16.2. The first kappa shape index (κ1) is 20.6. The minimum absolute atomic E-state index is 0.0608. The van der Waals surface area contributed by atoms with Crippen molar-refractivity contribution in [3.8, 4) is 11.5 Å². The largest absolute Gasteiger partial charge is 0.454 e. The van der Waals surface area contributed by atoms with E-state index in [1.165, 1.54) is 0 Å². The molecule has 3 aromatic rings. The number of aliphatic hydroxyl groups is 1. The molecule has 3 aliphatic rings. The van der Waals surface area contributed by atoms with Crippen LogP contribution in [0.2, 0.25) is 0 Å². The van der Waals surface area contributed by atoms with E-state index in [2.05, 4.69) is 25.4 Å². The third-order valence-electron chi connectivity index (χ3n) is 6.73. The van der Waals surface area contributed by atoms with Crippen LogP contribution in [0.1, 0.15) is 43.1 Å².